The summed E-state index contributed by atoms with van der Waals surface area (Å²) in [5.74, 6) is 0.0285. The maximum Gasteiger partial charge on any atom is 0.232 e. The number of halogens is 1. The van der Waals surface area contributed by atoms with Crippen LogP contribution in [0.15, 0.2) is 0 Å². The monoisotopic (exact) mass is 332 g/mol. The molecule has 0 unspecified atom stereocenters. The first kappa shape index (κ1) is 20.1. The number of ether oxygens (including phenoxy) is 4. The van der Waals surface area contributed by atoms with E-state index in [1.54, 1.807) is 7.11 Å². The van der Waals surface area contributed by atoms with Gasteiger partial charge in [-0.15, -0.1) is 0 Å². The summed E-state index contributed by atoms with van der Waals surface area (Å²) in [4.78, 5) is 0. The highest BCUT2D eigenvalue weighted by Gasteiger charge is 2.03. The summed E-state index contributed by atoms with van der Waals surface area (Å²) < 4.78 is 42.0. The Bertz CT molecular complexity index is 296. The standard InChI is InChI=1S/C12H25ClO6S/c1-16-6-7-18-10-11-19-9-8-17-5-3-2-4-12-20(13,14)15/h2-12H2,1H3. The Morgan fingerprint density at radius 1 is 0.750 bits per heavy atom. The Morgan fingerprint density at radius 3 is 1.75 bits per heavy atom. The van der Waals surface area contributed by atoms with E-state index in [0.29, 0.717) is 52.7 Å². The highest BCUT2D eigenvalue weighted by molar-refractivity contribution is 8.13. The average molecular weight is 333 g/mol. The fourth-order valence-electron chi connectivity index (χ4n) is 1.34. The molecule has 0 aliphatic carbocycles. The summed E-state index contributed by atoms with van der Waals surface area (Å²) in [6.45, 7) is 3.94. The lowest BCUT2D eigenvalue weighted by molar-refractivity contribution is 0.00327. The Morgan fingerprint density at radius 2 is 1.25 bits per heavy atom. The third kappa shape index (κ3) is 18.1. The zero-order valence-corrected chi connectivity index (χ0v) is 13.6. The molecule has 0 N–H and O–H groups in total. The van der Waals surface area contributed by atoms with Gasteiger partial charge in [0, 0.05) is 24.4 Å². The van der Waals surface area contributed by atoms with E-state index < -0.39 is 9.05 Å². The van der Waals surface area contributed by atoms with E-state index in [-0.39, 0.29) is 5.75 Å². The molecule has 0 saturated heterocycles. The molecule has 0 fully saturated rings. The van der Waals surface area contributed by atoms with Gasteiger partial charge in [0.25, 0.3) is 0 Å². The molecule has 0 saturated carbocycles. The first-order valence-electron chi connectivity index (χ1n) is 6.71. The van der Waals surface area contributed by atoms with Crippen LogP contribution in [0.5, 0.6) is 0 Å². The van der Waals surface area contributed by atoms with Crippen molar-refractivity contribution in [3.05, 3.63) is 0 Å². The first-order chi connectivity index (χ1) is 9.56. The van der Waals surface area contributed by atoms with Crippen molar-refractivity contribution < 1.29 is 27.4 Å². The van der Waals surface area contributed by atoms with Crippen LogP contribution in [0.1, 0.15) is 19.3 Å². The highest BCUT2D eigenvalue weighted by atomic mass is 35.7. The summed E-state index contributed by atoms with van der Waals surface area (Å²) >= 11 is 0. The smallest absolute Gasteiger partial charge is 0.232 e. The van der Waals surface area contributed by atoms with Gasteiger partial charge in [-0.25, -0.2) is 8.42 Å². The lowest BCUT2D eigenvalue weighted by atomic mass is 10.3. The molecule has 0 spiro atoms. The van der Waals surface area contributed by atoms with Gasteiger partial charge in [0.15, 0.2) is 0 Å². The van der Waals surface area contributed by atoms with Gasteiger partial charge in [0.2, 0.25) is 9.05 Å². The largest absolute Gasteiger partial charge is 0.382 e. The predicted molar refractivity (Wildman–Crippen MR) is 77.8 cm³/mol. The Labute approximate surface area is 126 Å². The van der Waals surface area contributed by atoms with Crippen LogP contribution in [0.2, 0.25) is 0 Å². The number of hydrogen-bond donors (Lipinski definition) is 0. The molecule has 0 rings (SSSR count). The second-order valence-electron chi connectivity index (χ2n) is 4.13. The summed E-state index contributed by atoms with van der Waals surface area (Å²) in [6.07, 6.45) is 2.19. The van der Waals surface area contributed by atoms with Crippen LogP contribution in [0.4, 0.5) is 0 Å². The normalized spacial score (nSPS) is 11.9. The van der Waals surface area contributed by atoms with E-state index in [1.165, 1.54) is 0 Å². The molecule has 0 aromatic carbocycles. The summed E-state index contributed by atoms with van der Waals surface area (Å²) in [5.41, 5.74) is 0. The van der Waals surface area contributed by atoms with E-state index in [1.807, 2.05) is 0 Å². The van der Waals surface area contributed by atoms with Crippen LogP contribution in [-0.4, -0.2) is 67.5 Å². The summed E-state index contributed by atoms with van der Waals surface area (Å²) in [6, 6.07) is 0. The van der Waals surface area contributed by atoms with Crippen LogP contribution >= 0.6 is 10.7 Å². The molecule has 0 radical (unpaired) electrons. The molecular weight excluding hydrogens is 308 g/mol. The second kappa shape index (κ2) is 14.0. The lowest BCUT2D eigenvalue weighted by Crippen LogP contribution is -2.11. The van der Waals surface area contributed by atoms with Gasteiger partial charge in [0.1, 0.15) is 0 Å². The fourth-order valence-corrected chi connectivity index (χ4v) is 2.22. The molecule has 6 nitrogen and oxygen atoms in total. The second-order valence-corrected chi connectivity index (χ2v) is 7.03. The molecule has 122 valence electrons. The SMILES string of the molecule is COCCOCCOCCOCCCCCS(=O)(=O)Cl. The molecule has 0 atom stereocenters. The number of methoxy groups -OCH3 is 1. The number of hydrogen-bond acceptors (Lipinski definition) is 6. The molecule has 0 aliphatic rings. The molecule has 8 heteroatoms. The molecule has 0 amide bonds. The van der Waals surface area contributed by atoms with Crippen LogP contribution in [0, 0.1) is 0 Å². The maximum absolute atomic E-state index is 10.7. The van der Waals surface area contributed by atoms with E-state index in [9.17, 15) is 8.42 Å². The molecule has 0 aromatic rings. The van der Waals surface area contributed by atoms with Gasteiger partial charge in [-0.05, 0) is 12.8 Å². The minimum Gasteiger partial charge on any atom is -0.382 e. The summed E-state index contributed by atoms with van der Waals surface area (Å²) in [5, 5.41) is 0. The summed E-state index contributed by atoms with van der Waals surface area (Å²) in [7, 11) is 3.37. The van der Waals surface area contributed by atoms with Gasteiger partial charge < -0.3 is 18.9 Å². The van der Waals surface area contributed by atoms with Crippen molar-refractivity contribution in [3.63, 3.8) is 0 Å². The van der Waals surface area contributed by atoms with Crippen LogP contribution < -0.4 is 0 Å². The van der Waals surface area contributed by atoms with E-state index in [4.69, 9.17) is 29.6 Å². The molecule has 0 aliphatic heterocycles. The highest BCUT2D eigenvalue weighted by Crippen LogP contribution is 2.03. The zero-order valence-electron chi connectivity index (χ0n) is 12.0. The number of rotatable bonds is 15. The Balaban J connectivity index is 3.03. The van der Waals surface area contributed by atoms with Crippen LogP contribution in [0.3, 0.4) is 0 Å². The van der Waals surface area contributed by atoms with E-state index in [0.717, 1.165) is 12.8 Å². The van der Waals surface area contributed by atoms with Gasteiger partial charge in [0.05, 0.1) is 45.4 Å². The van der Waals surface area contributed by atoms with Gasteiger partial charge in [-0.2, -0.15) is 0 Å². The topological polar surface area (TPSA) is 71.1 Å². The van der Waals surface area contributed by atoms with Crippen molar-refractivity contribution in [2.45, 2.75) is 19.3 Å². The molecule has 0 aromatic heterocycles. The minimum absolute atomic E-state index is 0.0285. The lowest BCUT2D eigenvalue weighted by Gasteiger charge is -2.06. The third-order valence-corrected chi connectivity index (χ3v) is 3.59. The van der Waals surface area contributed by atoms with Crippen molar-refractivity contribution in [3.8, 4) is 0 Å². The first-order valence-corrected chi connectivity index (χ1v) is 9.18. The van der Waals surface area contributed by atoms with E-state index >= 15 is 0 Å². The maximum atomic E-state index is 10.7. The van der Waals surface area contributed by atoms with Crippen LogP contribution in [0.25, 0.3) is 0 Å². The van der Waals surface area contributed by atoms with E-state index in [2.05, 4.69) is 0 Å². The fraction of sp³-hybridized carbons (Fsp3) is 1.00. The quantitative estimate of drug-likeness (QED) is 0.334. The molecule has 20 heavy (non-hydrogen) atoms. The van der Waals surface area contributed by atoms with Crippen molar-refractivity contribution in [2.24, 2.45) is 0 Å². The van der Waals surface area contributed by atoms with Crippen molar-refractivity contribution in [1.29, 1.82) is 0 Å². The Kier molecular flexibility index (Phi) is 14.1. The molecule has 0 bridgehead atoms. The zero-order chi connectivity index (χ0) is 15.1. The van der Waals surface area contributed by atoms with Gasteiger partial charge >= 0.3 is 0 Å². The van der Waals surface area contributed by atoms with Gasteiger partial charge in [-0.3, -0.25) is 0 Å². The Hall–Kier alpha value is 0.0800. The molecule has 0 heterocycles. The number of unbranched alkanes of at least 4 members (excludes halogenated alkanes) is 2. The van der Waals surface area contributed by atoms with Crippen molar-refractivity contribution >= 4 is 19.7 Å². The predicted octanol–water partition coefficient (Wildman–Crippen LogP) is 1.42. The van der Waals surface area contributed by atoms with Crippen LogP contribution in [-0.2, 0) is 28.0 Å². The van der Waals surface area contributed by atoms with Gasteiger partial charge in [-0.1, -0.05) is 6.42 Å². The third-order valence-electron chi connectivity index (χ3n) is 2.35. The van der Waals surface area contributed by atoms with Crippen molar-refractivity contribution in [2.75, 3.05) is 59.1 Å². The average Bonchev–Trinajstić information content (AvgIpc) is 2.38. The molecular formula is C12H25ClO6S. The van der Waals surface area contributed by atoms with Crippen molar-refractivity contribution in [1.82, 2.24) is 0 Å². The minimum atomic E-state index is -3.35.